The van der Waals surface area contributed by atoms with Crippen LogP contribution >= 0.6 is 0 Å². The van der Waals surface area contributed by atoms with E-state index in [-0.39, 0.29) is 0 Å². The van der Waals surface area contributed by atoms with Crippen LogP contribution in [0.15, 0.2) is 97.6 Å². The molecular formula is C24H22. The van der Waals surface area contributed by atoms with Gasteiger partial charge in [-0.05, 0) is 39.8 Å². The monoisotopic (exact) mass is 310 g/mol. The van der Waals surface area contributed by atoms with E-state index in [1.165, 1.54) is 27.8 Å². The van der Waals surface area contributed by atoms with Crippen LogP contribution in [-0.2, 0) is 0 Å². The van der Waals surface area contributed by atoms with Crippen LogP contribution in [0, 0.1) is 0 Å². The van der Waals surface area contributed by atoms with Crippen LogP contribution in [0.2, 0.25) is 0 Å². The number of allylic oxidation sites excluding steroid dienone is 3. The molecule has 0 fully saturated rings. The van der Waals surface area contributed by atoms with E-state index in [2.05, 4.69) is 105 Å². The third-order valence-corrected chi connectivity index (χ3v) is 4.13. The van der Waals surface area contributed by atoms with Crippen molar-refractivity contribution in [2.45, 2.75) is 13.3 Å². The highest BCUT2D eigenvalue weighted by Gasteiger charge is 2.11. The Balaban J connectivity index is 2.15. The van der Waals surface area contributed by atoms with Crippen molar-refractivity contribution in [3.63, 3.8) is 0 Å². The topological polar surface area (TPSA) is 0 Å². The van der Waals surface area contributed by atoms with E-state index in [9.17, 15) is 0 Å². The average molecular weight is 310 g/mol. The van der Waals surface area contributed by atoms with Crippen LogP contribution in [0.1, 0.15) is 18.9 Å². The minimum Gasteiger partial charge on any atom is -0.0911 e. The first-order chi connectivity index (χ1) is 11.8. The van der Waals surface area contributed by atoms with Crippen LogP contribution in [0.3, 0.4) is 0 Å². The molecule has 3 aromatic carbocycles. The van der Waals surface area contributed by atoms with Gasteiger partial charge in [-0.3, -0.25) is 0 Å². The van der Waals surface area contributed by atoms with Crippen molar-refractivity contribution >= 4 is 5.57 Å². The summed E-state index contributed by atoms with van der Waals surface area (Å²) < 4.78 is 0. The highest BCUT2D eigenvalue weighted by Crippen LogP contribution is 2.36. The minimum atomic E-state index is 1.02. The fourth-order valence-corrected chi connectivity index (χ4v) is 2.94. The molecule has 0 aliphatic heterocycles. The molecule has 0 spiro atoms. The van der Waals surface area contributed by atoms with Gasteiger partial charge in [-0.15, -0.1) is 0 Å². The maximum Gasteiger partial charge on any atom is -0.00992 e. The van der Waals surface area contributed by atoms with Gasteiger partial charge < -0.3 is 0 Å². The highest BCUT2D eigenvalue weighted by atomic mass is 14.1. The Morgan fingerprint density at radius 3 is 2.04 bits per heavy atom. The molecule has 0 N–H and O–H groups in total. The van der Waals surface area contributed by atoms with Gasteiger partial charge in [0.2, 0.25) is 0 Å². The molecule has 0 radical (unpaired) electrons. The van der Waals surface area contributed by atoms with Gasteiger partial charge in [-0.1, -0.05) is 105 Å². The van der Waals surface area contributed by atoms with E-state index in [1.54, 1.807) is 0 Å². The number of hydrogen-bond acceptors (Lipinski definition) is 0. The van der Waals surface area contributed by atoms with Crippen LogP contribution in [0.4, 0.5) is 0 Å². The molecule has 0 saturated heterocycles. The Bertz CT molecular complexity index is 854. The SMILES string of the molecule is C=C(/C=C\CC)c1ccccc1-c1ccccc1-c1ccccc1. The third kappa shape index (κ3) is 3.38. The molecule has 0 aliphatic rings. The first kappa shape index (κ1) is 16.0. The van der Waals surface area contributed by atoms with Gasteiger partial charge in [0, 0.05) is 0 Å². The summed E-state index contributed by atoms with van der Waals surface area (Å²) in [4.78, 5) is 0. The van der Waals surface area contributed by atoms with Crippen molar-refractivity contribution in [3.05, 3.63) is 103 Å². The molecule has 0 saturated carbocycles. The zero-order valence-electron chi connectivity index (χ0n) is 14.1. The van der Waals surface area contributed by atoms with Crippen molar-refractivity contribution in [3.8, 4) is 22.3 Å². The Morgan fingerprint density at radius 2 is 1.33 bits per heavy atom. The fourth-order valence-electron chi connectivity index (χ4n) is 2.94. The molecule has 3 rings (SSSR count). The molecule has 0 bridgehead atoms. The maximum absolute atomic E-state index is 4.26. The summed E-state index contributed by atoms with van der Waals surface area (Å²) in [6, 6.07) is 27.6. The molecule has 0 heteroatoms. The first-order valence-electron chi connectivity index (χ1n) is 8.41. The van der Waals surface area contributed by atoms with E-state index < -0.39 is 0 Å². The third-order valence-electron chi connectivity index (χ3n) is 4.13. The smallest absolute Gasteiger partial charge is 0.00992 e. The second kappa shape index (κ2) is 7.61. The molecule has 3 aromatic rings. The summed E-state index contributed by atoms with van der Waals surface area (Å²) >= 11 is 0. The Kier molecular flexibility index (Phi) is 5.08. The zero-order chi connectivity index (χ0) is 16.8. The minimum absolute atomic E-state index is 1.02. The molecule has 0 aliphatic carbocycles. The van der Waals surface area contributed by atoms with E-state index in [0.717, 1.165) is 12.0 Å². The summed E-state index contributed by atoms with van der Waals surface area (Å²) in [5, 5.41) is 0. The first-order valence-corrected chi connectivity index (χ1v) is 8.41. The summed E-state index contributed by atoms with van der Waals surface area (Å²) in [7, 11) is 0. The van der Waals surface area contributed by atoms with E-state index >= 15 is 0 Å². The molecule has 0 unspecified atom stereocenters. The van der Waals surface area contributed by atoms with Crippen LogP contribution in [0.25, 0.3) is 27.8 Å². The van der Waals surface area contributed by atoms with Gasteiger partial charge in [0.05, 0.1) is 0 Å². The predicted molar refractivity (Wildman–Crippen MR) is 106 cm³/mol. The maximum atomic E-state index is 4.26. The summed E-state index contributed by atoms with van der Waals surface area (Å²) in [5.74, 6) is 0. The molecule has 0 amide bonds. The average Bonchev–Trinajstić information content (AvgIpc) is 2.67. The summed E-state index contributed by atoms with van der Waals surface area (Å²) in [6.07, 6.45) is 5.29. The Labute approximate surface area is 144 Å². The number of benzene rings is 3. The molecule has 24 heavy (non-hydrogen) atoms. The van der Waals surface area contributed by atoms with Crippen molar-refractivity contribution in [2.24, 2.45) is 0 Å². The molecule has 118 valence electrons. The Hall–Kier alpha value is -2.86. The largest absolute Gasteiger partial charge is 0.0911 e. The molecule has 0 heterocycles. The lowest BCUT2D eigenvalue weighted by Gasteiger charge is -2.14. The van der Waals surface area contributed by atoms with Gasteiger partial charge in [-0.25, -0.2) is 0 Å². The number of rotatable bonds is 5. The van der Waals surface area contributed by atoms with Crippen molar-refractivity contribution in [2.75, 3.05) is 0 Å². The van der Waals surface area contributed by atoms with E-state index in [0.29, 0.717) is 0 Å². The van der Waals surface area contributed by atoms with Crippen molar-refractivity contribution in [1.29, 1.82) is 0 Å². The van der Waals surface area contributed by atoms with Crippen molar-refractivity contribution < 1.29 is 0 Å². The van der Waals surface area contributed by atoms with Crippen molar-refractivity contribution in [1.82, 2.24) is 0 Å². The van der Waals surface area contributed by atoms with Crippen LogP contribution in [-0.4, -0.2) is 0 Å². The standard InChI is InChI=1S/C24H22/c1-3-4-12-19(2)21-15-8-10-17-23(21)24-18-11-9-16-22(24)20-13-6-5-7-14-20/h4-18H,2-3H2,1H3/b12-4-. The van der Waals surface area contributed by atoms with Gasteiger partial charge in [-0.2, -0.15) is 0 Å². The normalized spacial score (nSPS) is 10.9. The van der Waals surface area contributed by atoms with Gasteiger partial charge in [0.1, 0.15) is 0 Å². The Morgan fingerprint density at radius 1 is 0.750 bits per heavy atom. The quantitative estimate of drug-likeness (QED) is 0.445. The predicted octanol–water partition coefficient (Wildman–Crippen LogP) is 7.00. The van der Waals surface area contributed by atoms with E-state index in [4.69, 9.17) is 0 Å². The van der Waals surface area contributed by atoms with Gasteiger partial charge in [0.15, 0.2) is 0 Å². The summed E-state index contributed by atoms with van der Waals surface area (Å²) in [6.45, 7) is 6.40. The molecule has 0 nitrogen and oxygen atoms in total. The second-order valence-electron chi connectivity index (χ2n) is 5.79. The van der Waals surface area contributed by atoms with E-state index in [1.807, 2.05) is 0 Å². The van der Waals surface area contributed by atoms with Gasteiger partial charge >= 0.3 is 0 Å². The summed E-state index contributed by atoms with van der Waals surface area (Å²) in [5.41, 5.74) is 7.18. The van der Waals surface area contributed by atoms with Gasteiger partial charge in [0.25, 0.3) is 0 Å². The zero-order valence-corrected chi connectivity index (χ0v) is 14.1. The molecule has 0 atom stereocenters. The lowest BCUT2D eigenvalue weighted by Crippen LogP contribution is -1.90. The lowest BCUT2D eigenvalue weighted by atomic mass is 9.89. The van der Waals surface area contributed by atoms with Crippen LogP contribution < -0.4 is 0 Å². The molecular weight excluding hydrogens is 288 g/mol. The lowest BCUT2D eigenvalue weighted by molar-refractivity contribution is 1.23. The number of hydrogen-bond donors (Lipinski definition) is 0. The molecule has 0 aromatic heterocycles. The fraction of sp³-hybridized carbons (Fsp3) is 0.0833. The van der Waals surface area contributed by atoms with Crippen LogP contribution in [0.5, 0.6) is 0 Å². The highest BCUT2D eigenvalue weighted by molar-refractivity contribution is 5.91. The second-order valence-corrected chi connectivity index (χ2v) is 5.79.